The predicted molar refractivity (Wildman–Crippen MR) is 96.3 cm³/mol. The number of nitrogens with zero attached hydrogens (tertiary/aromatic N) is 2. The van der Waals surface area contributed by atoms with Gasteiger partial charge in [-0.1, -0.05) is 24.6 Å². The van der Waals surface area contributed by atoms with Gasteiger partial charge in [-0.05, 0) is 38.0 Å². The summed E-state index contributed by atoms with van der Waals surface area (Å²) in [5.41, 5.74) is 1.56. The summed E-state index contributed by atoms with van der Waals surface area (Å²) >= 11 is 0. The molecule has 0 aliphatic carbocycles. The summed E-state index contributed by atoms with van der Waals surface area (Å²) in [4.78, 5) is 5.78. The Hall–Kier alpha value is -2.03. The van der Waals surface area contributed by atoms with Crippen LogP contribution in [0.2, 0.25) is 0 Å². The monoisotopic (exact) mass is 382 g/mol. The molecule has 142 valence electrons. The number of benzene rings is 1. The number of aromatic nitrogens is 1. The van der Waals surface area contributed by atoms with Gasteiger partial charge in [0.15, 0.2) is 0 Å². The lowest BCUT2D eigenvalue weighted by Gasteiger charge is -2.30. The average molecular weight is 382 g/mol. The van der Waals surface area contributed by atoms with Crippen LogP contribution in [0.1, 0.15) is 24.5 Å². The van der Waals surface area contributed by atoms with E-state index >= 15 is 0 Å². The summed E-state index contributed by atoms with van der Waals surface area (Å²) in [6.07, 6.45) is 3.32. The van der Waals surface area contributed by atoms with Crippen LogP contribution in [0.15, 0.2) is 41.4 Å². The number of aryl methyl sites for hydroxylation is 2. The third-order valence-corrected chi connectivity index (χ3v) is 4.82. The van der Waals surface area contributed by atoms with Crippen LogP contribution in [-0.2, 0) is 16.5 Å². The molecule has 8 heteroatoms. The molecule has 1 saturated heterocycles. The van der Waals surface area contributed by atoms with Crippen LogP contribution < -0.4 is 4.74 Å². The smallest absolute Gasteiger partial charge is 0.294 e. The fraction of sp³-hybridized carbons (Fsp3) is 0.389. The molecule has 26 heavy (non-hydrogen) atoms. The molecule has 1 fully saturated rings. The lowest BCUT2D eigenvalue weighted by atomic mass is 10.2. The Kier molecular flexibility index (Phi) is 7.07. The third kappa shape index (κ3) is 6.05. The molecule has 1 N–H and O–H groups in total. The molecule has 3 rings (SSSR count). The van der Waals surface area contributed by atoms with Crippen LogP contribution in [0, 0.1) is 12.9 Å². The van der Waals surface area contributed by atoms with Gasteiger partial charge in [0.2, 0.25) is 5.95 Å². The van der Waals surface area contributed by atoms with Crippen LogP contribution in [0.25, 0.3) is 0 Å². The van der Waals surface area contributed by atoms with Crippen molar-refractivity contribution in [3.05, 3.63) is 53.6 Å². The molecule has 0 radical (unpaired) electrons. The molecule has 0 bridgehead atoms. The Morgan fingerprint density at radius 1 is 1.27 bits per heavy atom. The summed E-state index contributed by atoms with van der Waals surface area (Å²) in [5, 5.41) is 0. The number of rotatable bonds is 5. The van der Waals surface area contributed by atoms with Crippen molar-refractivity contribution in [2.24, 2.45) is 0 Å². The van der Waals surface area contributed by atoms with Gasteiger partial charge in [-0.3, -0.25) is 9.45 Å². The summed E-state index contributed by atoms with van der Waals surface area (Å²) in [5.74, 6) is 0.258. The molecule has 2 aromatic rings. The largest absolute Gasteiger partial charge is 0.477 e. The normalized spacial score (nSPS) is 14.2. The topological polar surface area (TPSA) is 79.7 Å². The maximum Gasteiger partial charge on any atom is 0.294 e. The van der Waals surface area contributed by atoms with Crippen molar-refractivity contribution in [1.29, 1.82) is 0 Å². The molecule has 1 aliphatic heterocycles. The van der Waals surface area contributed by atoms with Crippen molar-refractivity contribution >= 4 is 10.1 Å². The van der Waals surface area contributed by atoms with E-state index in [-0.39, 0.29) is 4.90 Å². The highest BCUT2D eigenvalue weighted by Crippen LogP contribution is 2.16. The van der Waals surface area contributed by atoms with E-state index in [1.165, 1.54) is 24.8 Å². The fourth-order valence-corrected chi connectivity index (χ4v) is 2.67. The van der Waals surface area contributed by atoms with Gasteiger partial charge in [0.1, 0.15) is 12.5 Å². The molecule has 0 amide bonds. The zero-order chi connectivity index (χ0) is 19.2. The average Bonchev–Trinajstić information content (AvgIpc) is 2.55. The van der Waals surface area contributed by atoms with Crippen molar-refractivity contribution in [3.8, 4) is 5.75 Å². The minimum atomic E-state index is -4.02. The van der Waals surface area contributed by atoms with E-state index in [1.807, 2.05) is 13.8 Å². The quantitative estimate of drug-likeness (QED) is 0.632. The Morgan fingerprint density at radius 3 is 2.42 bits per heavy atom. The van der Waals surface area contributed by atoms with E-state index in [0.717, 1.165) is 18.7 Å². The summed E-state index contributed by atoms with van der Waals surface area (Å²) in [6, 6.07) is 7.71. The highest BCUT2D eigenvalue weighted by molar-refractivity contribution is 7.85. The molecule has 6 nitrogen and oxygen atoms in total. The second kappa shape index (κ2) is 9.07. The SMILES string of the molecule is CCc1cc(OCN2CCC2)cnc1F.Cc1ccc(S(=O)(=O)O)cc1. The Balaban J connectivity index is 0.000000197. The first-order chi connectivity index (χ1) is 12.3. The van der Waals surface area contributed by atoms with Gasteiger partial charge in [-0.15, -0.1) is 0 Å². The maximum atomic E-state index is 13.1. The number of likely N-dealkylation sites (tertiary alicyclic amines) is 1. The Labute approximate surface area is 153 Å². The number of hydrogen-bond donors (Lipinski definition) is 1. The number of halogens is 1. The first-order valence-corrected chi connectivity index (χ1v) is 9.77. The molecule has 0 spiro atoms. The van der Waals surface area contributed by atoms with Crippen LogP contribution in [0.4, 0.5) is 4.39 Å². The standard InChI is InChI=1S/C11H15FN2O.C7H8O3S/c1-2-9-6-10(7-13-11(9)12)15-8-14-4-3-5-14;1-6-2-4-7(5-3-6)11(8,9)10/h6-7H,2-5,8H2,1H3;2-5H,1H3,(H,8,9,10). The minimum absolute atomic E-state index is 0.0666. The fourth-order valence-electron chi connectivity index (χ4n) is 2.19. The van der Waals surface area contributed by atoms with Gasteiger partial charge in [-0.2, -0.15) is 12.8 Å². The van der Waals surface area contributed by atoms with Crippen molar-refractivity contribution < 1.29 is 22.1 Å². The highest BCUT2D eigenvalue weighted by Gasteiger charge is 2.14. The van der Waals surface area contributed by atoms with E-state index < -0.39 is 16.1 Å². The van der Waals surface area contributed by atoms with Crippen LogP contribution in [0.5, 0.6) is 5.75 Å². The molecule has 1 aliphatic rings. The predicted octanol–water partition coefficient (Wildman–Crippen LogP) is 3.07. The van der Waals surface area contributed by atoms with E-state index in [1.54, 1.807) is 18.2 Å². The molecule has 0 atom stereocenters. The number of ether oxygens (including phenoxy) is 1. The van der Waals surface area contributed by atoms with E-state index in [2.05, 4.69) is 9.88 Å². The molecule has 1 aromatic heterocycles. The zero-order valence-electron chi connectivity index (χ0n) is 14.9. The van der Waals surface area contributed by atoms with Gasteiger partial charge in [0, 0.05) is 18.7 Å². The molecule has 2 heterocycles. The Morgan fingerprint density at radius 2 is 1.92 bits per heavy atom. The summed E-state index contributed by atoms with van der Waals surface area (Å²) < 4.78 is 48.1. The van der Waals surface area contributed by atoms with Crippen molar-refractivity contribution in [2.75, 3.05) is 19.8 Å². The van der Waals surface area contributed by atoms with Crippen LogP contribution in [0.3, 0.4) is 0 Å². The van der Waals surface area contributed by atoms with Crippen molar-refractivity contribution in [2.45, 2.75) is 31.6 Å². The van der Waals surface area contributed by atoms with Gasteiger partial charge in [-0.25, -0.2) is 4.98 Å². The van der Waals surface area contributed by atoms with Gasteiger partial charge in [0.05, 0.1) is 11.1 Å². The molecular formula is C18H23FN2O4S. The highest BCUT2D eigenvalue weighted by atomic mass is 32.2. The zero-order valence-corrected chi connectivity index (χ0v) is 15.7. The minimum Gasteiger partial charge on any atom is -0.477 e. The first kappa shape index (κ1) is 20.3. The first-order valence-electron chi connectivity index (χ1n) is 8.33. The van der Waals surface area contributed by atoms with Gasteiger partial charge in [0.25, 0.3) is 10.1 Å². The maximum absolute atomic E-state index is 13.1. The molecule has 0 saturated carbocycles. The van der Waals surface area contributed by atoms with E-state index in [4.69, 9.17) is 9.29 Å². The molecule has 1 aromatic carbocycles. The summed E-state index contributed by atoms with van der Waals surface area (Å²) in [6.45, 7) is 6.51. The lowest BCUT2D eigenvalue weighted by Crippen LogP contribution is -2.39. The molecular weight excluding hydrogens is 359 g/mol. The Bertz CT molecular complexity index is 822. The lowest BCUT2D eigenvalue weighted by molar-refractivity contribution is 0.0727. The number of hydrogen-bond acceptors (Lipinski definition) is 5. The van der Waals surface area contributed by atoms with Gasteiger partial charge < -0.3 is 4.74 Å². The van der Waals surface area contributed by atoms with E-state index in [0.29, 0.717) is 24.5 Å². The third-order valence-electron chi connectivity index (χ3n) is 3.95. The van der Waals surface area contributed by atoms with Gasteiger partial charge >= 0.3 is 0 Å². The van der Waals surface area contributed by atoms with Crippen molar-refractivity contribution in [1.82, 2.24) is 9.88 Å². The number of pyridine rings is 1. The second-order valence-corrected chi connectivity index (χ2v) is 7.43. The van der Waals surface area contributed by atoms with Crippen LogP contribution >= 0.6 is 0 Å². The van der Waals surface area contributed by atoms with Crippen LogP contribution in [-0.4, -0.2) is 42.7 Å². The van der Waals surface area contributed by atoms with Crippen molar-refractivity contribution in [3.63, 3.8) is 0 Å². The second-order valence-electron chi connectivity index (χ2n) is 6.01. The van der Waals surface area contributed by atoms with E-state index in [9.17, 15) is 12.8 Å². The molecule has 0 unspecified atom stereocenters. The summed E-state index contributed by atoms with van der Waals surface area (Å²) in [7, 11) is -4.02.